The maximum Gasteiger partial charge on any atom is 0.160 e. The number of rotatable bonds is 5. The molecule has 9 heavy (non-hydrogen) atoms. The molecule has 0 atom stereocenters. The van der Waals surface area contributed by atoms with E-state index in [2.05, 4.69) is 6.92 Å². The summed E-state index contributed by atoms with van der Waals surface area (Å²) in [7, 11) is 0. The molecule has 4 heteroatoms. The molecule has 0 saturated heterocycles. The van der Waals surface area contributed by atoms with Crippen LogP contribution in [0.3, 0.4) is 0 Å². The van der Waals surface area contributed by atoms with E-state index in [0.29, 0.717) is 5.75 Å². The topological polar surface area (TPSA) is 40.5 Å². The van der Waals surface area contributed by atoms with Gasteiger partial charge in [0, 0.05) is 10.8 Å². The molecule has 0 saturated carbocycles. The molecule has 0 aliphatic carbocycles. The molecule has 56 valence electrons. The maximum atomic E-state index is 8.38. The molecule has 0 heterocycles. The molecule has 2 N–H and O–H groups in total. The normalized spacial score (nSPS) is 10.7. The van der Waals surface area contributed by atoms with E-state index < -0.39 is 6.29 Å². The van der Waals surface area contributed by atoms with Crippen LogP contribution in [0.2, 0.25) is 0 Å². The molecule has 0 spiro atoms. The van der Waals surface area contributed by atoms with Crippen LogP contribution in [0.5, 0.6) is 0 Å². The summed E-state index contributed by atoms with van der Waals surface area (Å²) in [5, 5.41) is 17.7. The zero-order chi connectivity index (χ0) is 7.11. The minimum atomic E-state index is -1.15. The second-order valence-electron chi connectivity index (χ2n) is 1.46. The van der Waals surface area contributed by atoms with E-state index in [4.69, 9.17) is 10.2 Å². The predicted molar refractivity (Wildman–Crippen MR) is 43.7 cm³/mol. The Morgan fingerprint density at radius 1 is 1.33 bits per heavy atom. The number of thioether (sulfide) groups is 2. The minimum Gasteiger partial charge on any atom is -0.367 e. The first-order valence-electron chi connectivity index (χ1n) is 2.79. The average Bonchev–Trinajstić information content (AvgIpc) is 1.80. The second-order valence-corrected chi connectivity index (χ2v) is 4.13. The second kappa shape index (κ2) is 6.74. The van der Waals surface area contributed by atoms with Gasteiger partial charge in [-0.3, -0.25) is 0 Å². The zero-order valence-electron chi connectivity index (χ0n) is 5.41. The van der Waals surface area contributed by atoms with E-state index >= 15 is 0 Å². The van der Waals surface area contributed by atoms with Crippen LogP contribution in [-0.2, 0) is 0 Å². The lowest BCUT2D eigenvalue weighted by molar-refractivity contribution is -0.0185. The van der Waals surface area contributed by atoms with Crippen molar-refractivity contribution in [3.8, 4) is 0 Å². The summed E-state index contributed by atoms with van der Waals surface area (Å²) in [6, 6.07) is 0. The molecule has 0 aromatic carbocycles. The fourth-order valence-corrected chi connectivity index (χ4v) is 2.03. The van der Waals surface area contributed by atoms with Gasteiger partial charge in [-0.25, -0.2) is 0 Å². The fraction of sp³-hybridized carbons (Fsp3) is 1.00. The van der Waals surface area contributed by atoms with Gasteiger partial charge in [0.2, 0.25) is 0 Å². The maximum absolute atomic E-state index is 8.38. The zero-order valence-corrected chi connectivity index (χ0v) is 7.04. The number of hydrogen-bond acceptors (Lipinski definition) is 4. The van der Waals surface area contributed by atoms with Gasteiger partial charge in [-0.15, -0.1) is 11.8 Å². The van der Waals surface area contributed by atoms with Gasteiger partial charge in [0.05, 0.1) is 0 Å². The van der Waals surface area contributed by atoms with Crippen LogP contribution in [-0.4, -0.2) is 33.1 Å². The first kappa shape index (κ1) is 9.62. The molecule has 0 aliphatic heterocycles. The lowest BCUT2D eigenvalue weighted by Gasteiger charge is -2.00. The van der Waals surface area contributed by atoms with Gasteiger partial charge in [0.1, 0.15) is 0 Å². The molecule has 0 unspecified atom stereocenters. The third-order valence-electron chi connectivity index (χ3n) is 0.638. The molecule has 0 fully saturated rings. The van der Waals surface area contributed by atoms with Crippen molar-refractivity contribution < 1.29 is 10.2 Å². The van der Waals surface area contributed by atoms with E-state index in [-0.39, 0.29) is 0 Å². The molecule has 0 radical (unpaired) electrons. The smallest absolute Gasteiger partial charge is 0.160 e. The van der Waals surface area contributed by atoms with Crippen LogP contribution < -0.4 is 0 Å². The third kappa shape index (κ3) is 8.62. The standard InChI is InChI=1S/C5H12O2S2/c1-2-8-4-9-3-5(6)7/h5-7H,2-4H2,1H3. The van der Waals surface area contributed by atoms with Crippen LogP contribution in [0.4, 0.5) is 0 Å². The van der Waals surface area contributed by atoms with Crippen LogP contribution in [0.25, 0.3) is 0 Å². The molecule has 0 aliphatic rings. The fourth-order valence-electron chi connectivity index (χ4n) is 0.296. The van der Waals surface area contributed by atoms with Gasteiger partial charge >= 0.3 is 0 Å². The highest BCUT2D eigenvalue weighted by molar-refractivity contribution is 8.15. The Morgan fingerprint density at radius 2 is 2.00 bits per heavy atom. The molecule has 0 aromatic rings. The van der Waals surface area contributed by atoms with Crippen LogP contribution in [0.15, 0.2) is 0 Å². The van der Waals surface area contributed by atoms with Crippen molar-refractivity contribution in [3.05, 3.63) is 0 Å². The van der Waals surface area contributed by atoms with Crippen LogP contribution in [0, 0.1) is 0 Å². The Labute approximate surface area is 64.0 Å². The molecule has 2 nitrogen and oxygen atoms in total. The van der Waals surface area contributed by atoms with Crippen molar-refractivity contribution in [3.63, 3.8) is 0 Å². The largest absolute Gasteiger partial charge is 0.367 e. The van der Waals surface area contributed by atoms with E-state index in [1.54, 1.807) is 23.5 Å². The SMILES string of the molecule is CCSCSCC(O)O. The highest BCUT2D eigenvalue weighted by Crippen LogP contribution is 2.11. The summed E-state index contributed by atoms with van der Waals surface area (Å²) in [6.45, 7) is 2.08. The lowest BCUT2D eigenvalue weighted by atomic mass is 10.8. The highest BCUT2D eigenvalue weighted by Gasteiger charge is 1.95. The first-order chi connectivity index (χ1) is 4.27. The summed E-state index contributed by atoms with van der Waals surface area (Å²) in [5.41, 5.74) is 0. The molecule has 0 rings (SSSR count). The average molecular weight is 168 g/mol. The van der Waals surface area contributed by atoms with Crippen molar-refractivity contribution in [1.82, 2.24) is 0 Å². The summed E-state index contributed by atoms with van der Waals surface area (Å²) in [5.74, 6) is 1.52. The predicted octanol–water partition coefficient (Wildman–Crippen LogP) is 0.741. The van der Waals surface area contributed by atoms with Gasteiger partial charge in [-0.05, 0) is 5.75 Å². The van der Waals surface area contributed by atoms with Gasteiger partial charge in [0.25, 0.3) is 0 Å². The van der Waals surface area contributed by atoms with E-state index in [0.717, 1.165) is 10.8 Å². The highest BCUT2D eigenvalue weighted by atomic mass is 32.2. The monoisotopic (exact) mass is 168 g/mol. The first-order valence-corrected chi connectivity index (χ1v) is 5.10. The van der Waals surface area contributed by atoms with Crippen molar-refractivity contribution in [2.75, 3.05) is 16.6 Å². The number of hydrogen-bond donors (Lipinski definition) is 2. The summed E-state index contributed by atoms with van der Waals surface area (Å²) in [6.07, 6.45) is -1.15. The molecular weight excluding hydrogens is 156 g/mol. The van der Waals surface area contributed by atoms with Gasteiger partial charge in [-0.1, -0.05) is 6.92 Å². The van der Waals surface area contributed by atoms with Crippen LogP contribution in [0.1, 0.15) is 6.92 Å². The number of aliphatic hydroxyl groups is 2. The Balaban J connectivity index is 2.75. The summed E-state index contributed by atoms with van der Waals surface area (Å²) < 4.78 is 0. The molecular formula is C5H12O2S2. The number of aliphatic hydroxyl groups excluding tert-OH is 1. The summed E-state index contributed by atoms with van der Waals surface area (Å²) >= 11 is 3.34. The van der Waals surface area contributed by atoms with E-state index in [1.165, 1.54) is 0 Å². The van der Waals surface area contributed by atoms with Crippen molar-refractivity contribution >= 4 is 23.5 Å². The van der Waals surface area contributed by atoms with Crippen LogP contribution >= 0.6 is 23.5 Å². The van der Waals surface area contributed by atoms with Gasteiger partial charge in [-0.2, -0.15) is 11.8 Å². The minimum absolute atomic E-state index is 0.424. The molecule has 0 bridgehead atoms. The Kier molecular flexibility index (Phi) is 7.20. The Bertz CT molecular complexity index is 58.9. The lowest BCUT2D eigenvalue weighted by Crippen LogP contribution is -2.07. The summed E-state index contributed by atoms with van der Waals surface area (Å²) in [4.78, 5) is 0. The van der Waals surface area contributed by atoms with Gasteiger partial charge < -0.3 is 10.2 Å². The van der Waals surface area contributed by atoms with Crippen molar-refractivity contribution in [2.24, 2.45) is 0 Å². The Morgan fingerprint density at radius 3 is 2.44 bits per heavy atom. The van der Waals surface area contributed by atoms with Gasteiger partial charge in [0.15, 0.2) is 6.29 Å². The van der Waals surface area contributed by atoms with E-state index in [1.807, 2.05) is 0 Å². The van der Waals surface area contributed by atoms with Crippen molar-refractivity contribution in [1.29, 1.82) is 0 Å². The Hall–Kier alpha value is 0.620. The van der Waals surface area contributed by atoms with E-state index in [9.17, 15) is 0 Å². The van der Waals surface area contributed by atoms with Crippen molar-refractivity contribution in [2.45, 2.75) is 13.2 Å². The quantitative estimate of drug-likeness (QED) is 0.469. The third-order valence-corrected chi connectivity index (χ3v) is 2.91. The molecule has 0 aromatic heterocycles. The molecule has 0 amide bonds.